The van der Waals surface area contributed by atoms with Gasteiger partial charge in [0.2, 0.25) is 0 Å². The number of hydrogen-bond acceptors (Lipinski definition) is 3. The summed E-state index contributed by atoms with van der Waals surface area (Å²) in [4.78, 5) is 27.1. The molecule has 1 heterocycles. The number of aromatic nitrogens is 1. The summed E-state index contributed by atoms with van der Waals surface area (Å²) in [5.74, 6) is -1.65. The second-order valence-corrected chi connectivity index (χ2v) is 5.16. The Morgan fingerprint density at radius 3 is 2.79 bits per heavy atom. The summed E-state index contributed by atoms with van der Waals surface area (Å²) < 4.78 is 0. The molecule has 0 radical (unpaired) electrons. The number of halogens is 1. The van der Waals surface area contributed by atoms with Gasteiger partial charge in [0.05, 0.1) is 5.92 Å². The minimum absolute atomic E-state index is 0.256. The van der Waals surface area contributed by atoms with Crippen LogP contribution in [0.3, 0.4) is 0 Å². The fraction of sp³-hybridized carbons (Fsp3) is 0.462. The van der Waals surface area contributed by atoms with Crippen LogP contribution in [0.4, 0.5) is 0 Å². The molecule has 19 heavy (non-hydrogen) atoms. The number of nitrogens with one attached hydrogen (secondary N) is 1. The first-order valence-electron chi connectivity index (χ1n) is 6.15. The SMILES string of the molecule is Cc1cc(C(=O)NC2CCCC2C(=O)O)cc(Cl)n1. The second-order valence-electron chi connectivity index (χ2n) is 4.78. The van der Waals surface area contributed by atoms with Crippen molar-refractivity contribution >= 4 is 23.5 Å². The molecule has 2 rings (SSSR count). The van der Waals surface area contributed by atoms with Crippen molar-refractivity contribution in [3.63, 3.8) is 0 Å². The maximum atomic E-state index is 12.1. The minimum atomic E-state index is -0.855. The van der Waals surface area contributed by atoms with Crippen LogP contribution in [0.5, 0.6) is 0 Å². The standard InChI is InChI=1S/C13H15ClN2O3/c1-7-5-8(6-11(14)15-7)12(17)16-10-4-2-3-9(10)13(18)19/h5-6,9-10H,2-4H2,1H3,(H,16,17)(H,18,19). The summed E-state index contributed by atoms with van der Waals surface area (Å²) in [6.45, 7) is 1.75. The number of aryl methyl sites for hydroxylation is 1. The van der Waals surface area contributed by atoms with Gasteiger partial charge in [-0.25, -0.2) is 4.98 Å². The Morgan fingerprint density at radius 2 is 2.16 bits per heavy atom. The van der Waals surface area contributed by atoms with Crippen LogP contribution in [0.2, 0.25) is 5.15 Å². The molecule has 102 valence electrons. The van der Waals surface area contributed by atoms with Crippen LogP contribution >= 0.6 is 11.6 Å². The van der Waals surface area contributed by atoms with Crippen molar-refractivity contribution in [1.82, 2.24) is 10.3 Å². The normalized spacial score (nSPS) is 22.2. The van der Waals surface area contributed by atoms with E-state index < -0.39 is 11.9 Å². The van der Waals surface area contributed by atoms with E-state index in [-0.39, 0.29) is 17.1 Å². The van der Waals surface area contributed by atoms with Gasteiger partial charge in [0.25, 0.3) is 5.91 Å². The maximum absolute atomic E-state index is 12.1. The van der Waals surface area contributed by atoms with Crippen LogP contribution in [-0.4, -0.2) is 28.0 Å². The predicted molar refractivity (Wildman–Crippen MR) is 70.2 cm³/mol. The van der Waals surface area contributed by atoms with Crippen LogP contribution in [0.15, 0.2) is 12.1 Å². The van der Waals surface area contributed by atoms with Gasteiger partial charge in [0.1, 0.15) is 5.15 Å². The summed E-state index contributed by atoms with van der Waals surface area (Å²) in [5.41, 5.74) is 1.06. The van der Waals surface area contributed by atoms with Crippen molar-refractivity contribution in [3.05, 3.63) is 28.5 Å². The van der Waals surface area contributed by atoms with E-state index in [0.717, 1.165) is 6.42 Å². The van der Waals surface area contributed by atoms with Crippen LogP contribution in [0, 0.1) is 12.8 Å². The van der Waals surface area contributed by atoms with E-state index >= 15 is 0 Å². The molecule has 1 saturated carbocycles. The molecule has 1 fully saturated rings. The number of hydrogen-bond donors (Lipinski definition) is 2. The summed E-state index contributed by atoms with van der Waals surface area (Å²) >= 11 is 5.80. The topological polar surface area (TPSA) is 79.3 Å². The number of amides is 1. The Balaban J connectivity index is 2.10. The first kappa shape index (κ1) is 13.8. The molecule has 0 saturated heterocycles. The van der Waals surface area contributed by atoms with Crippen molar-refractivity contribution in [2.75, 3.05) is 0 Å². The lowest BCUT2D eigenvalue weighted by atomic mass is 10.0. The number of carbonyl (C=O) groups excluding carboxylic acids is 1. The van der Waals surface area contributed by atoms with E-state index in [0.29, 0.717) is 24.1 Å². The van der Waals surface area contributed by atoms with Gasteiger partial charge in [-0.1, -0.05) is 18.0 Å². The van der Waals surface area contributed by atoms with E-state index in [9.17, 15) is 9.59 Å². The Kier molecular flexibility index (Phi) is 4.04. The number of pyridine rings is 1. The molecule has 2 atom stereocenters. The highest BCUT2D eigenvalue weighted by molar-refractivity contribution is 6.29. The molecule has 0 spiro atoms. The molecular weight excluding hydrogens is 268 g/mol. The predicted octanol–water partition coefficient (Wildman–Crippen LogP) is 2.03. The third kappa shape index (κ3) is 3.23. The van der Waals surface area contributed by atoms with Crippen LogP contribution in [0.25, 0.3) is 0 Å². The van der Waals surface area contributed by atoms with Crippen molar-refractivity contribution in [3.8, 4) is 0 Å². The van der Waals surface area contributed by atoms with Gasteiger partial charge in [-0.15, -0.1) is 0 Å². The highest BCUT2D eigenvalue weighted by Gasteiger charge is 2.34. The van der Waals surface area contributed by atoms with Crippen LogP contribution in [0.1, 0.15) is 35.3 Å². The summed E-state index contributed by atoms with van der Waals surface area (Å²) in [6, 6.07) is 2.80. The zero-order valence-electron chi connectivity index (χ0n) is 10.5. The molecule has 1 aromatic heterocycles. The zero-order chi connectivity index (χ0) is 14.0. The molecule has 1 aliphatic carbocycles. The summed E-state index contributed by atoms with van der Waals surface area (Å²) in [6.07, 6.45) is 2.12. The molecule has 2 N–H and O–H groups in total. The molecule has 1 amide bonds. The van der Waals surface area contributed by atoms with Crippen molar-refractivity contribution < 1.29 is 14.7 Å². The molecule has 0 aliphatic heterocycles. The molecule has 1 aliphatic rings. The molecule has 6 heteroatoms. The smallest absolute Gasteiger partial charge is 0.308 e. The van der Waals surface area contributed by atoms with Gasteiger partial charge in [-0.05, 0) is 31.9 Å². The summed E-state index contributed by atoms with van der Waals surface area (Å²) in [5, 5.41) is 12.1. The van der Waals surface area contributed by atoms with E-state index in [2.05, 4.69) is 10.3 Å². The highest BCUT2D eigenvalue weighted by atomic mass is 35.5. The van der Waals surface area contributed by atoms with Crippen molar-refractivity contribution in [2.24, 2.45) is 5.92 Å². The van der Waals surface area contributed by atoms with Gasteiger partial charge in [0.15, 0.2) is 0 Å². The number of aliphatic carboxylic acids is 1. The first-order valence-corrected chi connectivity index (χ1v) is 6.53. The third-order valence-electron chi connectivity index (χ3n) is 3.33. The second kappa shape index (κ2) is 5.57. The monoisotopic (exact) mass is 282 g/mol. The molecule has 0 aromatic carbocycles. The molecular formula is C13H15ClN2O3. The van der Waals surface area contributed by atoms with Gasteiger partial charge in [-0.3, -0.25) is 9.59 Å². The Morgan fingerprint density at radius 1 is 1.42 bits per heavy atom. The highest BCUT2D eigenvalue weighted by Crippen LogP contribution is 2.26. The van der Waals surface area contributed by atoms with Crippen LogP contribution < -0.4 is 5.32 Å². The fourth-order valence-electron chi connectivity index (χ4n) is 2.44. The number of carboxylic acid groups (broad SMARTS) is 1. The van der Waals surface area contributed by atoms with Gasteiger partial charge >= 0.3 is 5.97 Å². The quantitative estimate of drug-likeness (QED) is 0.832. The average Bonchev–Trinajstić information content (AvgIpc) is 2.75. The molecule has 2 unspecified atom stereocenters. The molecule has 5 nitrogen and oxygen atoms in total. The van der Waals surface area contributed by atoms with E-state index in [1.807, 2.05) is 0 Å². The minimum Gasteiger partial charge on any atom is -0.481 e. The molecule has 0 bridgehead atoms. The van der Waals surface area contributed by atoms with E-state index in [1.54, 1.807) is 13.0 Å². The average molecular weight is 283 g/mol. The number of rotatable bonds is 3. The third-order valence-corrected chi connectivity index (χ3v) is 3.53. The lowest BCUT2D eigenvalue weighted by Crippen LogP contribution is -2.40. The lowest BCUT2D eigenvalue weighted by molar-refractivity contribution is -0.142. The zero-order valence-corrected chi connectivity index (χ0v) is 11.3. The van der Waals surface area contributed by atoms with E-state index in [1.165, 1.54) is 6.07 Å². The largest absolute Gasteiger partial charge is 0.481 e. The fourth-order valence-corrected chi connectivity index (χ4v) is 2.69. The Bertz CT molecular complexity index is 498. The number of carbonyl (C=O) groups is 2. The van der Waals surface area contributed by atoms with Crippen molar-refractivity contribution in [2.45, 2.75) is 32.2 Å². The molecule has 1 aromatic rings. The van der Waals surface area contributed by atoms with Crippen molar-refractivity contribution in [1.29, 1.82) is 0 Å². The lowest BCUT2D eigenvalue weighted by Gasteiger charge is -2.17. The van der Waals surface area contributed by atoms with Gasteiger partial charge < -0.3 is 10.4 Å². The maximum Gasteiger partial charge on any atom is 0.308 e. The first-order chi connectivity index (χ1) is 8.97. The van der Waals surface area contributed by atoms with Gasteiger partial charge in [0, 0.05) is 17.3 Å². The van der Waals surface area contributed by atoms with Gasteiger partial charge in [-0.2, -0.15) is 0 Å². The Hall–Kier alpha value is -1.62. The number of carboxylic acids is 1. The number of nitrogens with zero attached hydrogens (tertiary/aromatic N) is 1. The Labute approximate surface area is 116 Å². The summed E-state index contributed by atoms with van der Waals surface area (Å²) in [7, 11) is 0. The van der Waals surface area contributed by atoms with Crippen LogP contribution in [-0.2, 0) is 4.79 Å². The van der Waals surface area contributed by atoms with E-state index in [4.69, 9.17) is 16.7 Å².